The Morgan fingerprint density at radius 2 is 2.20 bits per heavy atom. The summed E-state index contributed by atoms with van der Waals surface area (Å²) in [6.07, 6.45) is 9.66. The third-order valence-corrected chi connectivity index (χ3v) is 4.11. The van der Waals surface area contributed by atoms with Gasteiger partial charge in [0.25, 0.3) is 11.8 Å². The van der Waals surface area contributed by atoms with Crippen LogP contribution in [0, 0.1) is 5.92 Å². The summed E-state index contributed by atoms with van der Waals surface area (Å²) in [5, 5.41) is 2.93. The van der Waals surface area contributed by atoms with Gasteiger partial charge >= 0.3 is 0 Å². The lowest BCUT2D eigenvalue weighted by Gasteiger charge is -2.33. The van der Waals surface area contributed by atoms with Gasteiger partial charge in [-0.1, -0.05) is 6.08 Å². The summed E-state index contributed by atoms with van der Waals surface area (Å²) < 4.78 is 0. The Morgan fingerprint density at radius 1 is 1.40 bits per heavy atom. The predicted octanol–water partition coefficient (Wildman–Crippen LogP) is 2.26. The molecule has 0 aromatic rings. The molecule has 0 saturated carbocycles. The number of carbonyl (C=O) groups is 2. The number of aliphatic imine (C=N–C) groups is 1. The minimum atomic E-state index is -0.374. The Labute approximate surface area is 122 Å². The van der Waals surface area contributed by atoms with Crippen molar-refractivity contribution in [3.05, 3.63) is 35.1 Å². The van der Waals surface area contributed by atoms with E-state index < -0.39 is 0 Å². The molecule has 1 N–H and O–H groups in total. The van der Waals surface area contributed by atoms with E-state index in [9.17, 15) is 9.59 Å². The van der Waals surface area contributed by atoms with Gasteiger partial charge in [0.15, 0.2) is 0 Å². The van der Waals surface area contributed by atoms with Crippen LogP contribution in [-0.4, -0.2) is 23.4 Å². The number of rotatable bonds is 1. The molecule has 2 amide bonds. The average molecular weight is 291 g/mol. The maximum absolute atomic E-state index is 12.1. The van der Waals surface area contributed by atoms with E-state index >= 15 is 0 Å². The van der Waals surface area contributed by atoms with Crippen molar-refractivity contribution in [3.63, 3.8) is 0 Å². The topological polar surface area (TPSA) is 58.5 Å². The van der Waals surface area contributed by atoms with Crippen LogP contribution in [0.5, 0.6) is 0 Å². The second-order valence-corrected chi connectivity index (χ2v) is 5.43. The normalized spacial score (nSPS) is 26.9. The molecule has 2 aliphatic carbocycles. The summed E-state index contributed by atoms with van der Waals surface area (Å²) in [5.41, 5.74) is 3.53. The quantitative estimate of drug-likeness (QED) is 0.753. The molecule has 0 saturated heterocycles. The van der Waals surface area contributed by atoms with Crippen molar-refractivity contribution in [3.8, 4) is 0 Å². The molecule has 104 valence electrons. The largest absolute Gasteiger partial charge is 0.325 e. The van der Waals surface area contributed by atoms with Gasteiger partial charge in [0.1, 0.15) is 5.88 Å². The number of alkyl halides is 1. The highest BCUT2D eigenvalue weighted by Crippen LogP contribution is 2.38. The molecule has 0 aromatic carbocycles. The van der Waals surface area contributed by atoms with Crippen molar-refractivity contribution >= 4 is 29.1 Å². The molecule has 1 heterocycles. The monoisotopic (exact) mass is 290 g/mol. The average Bonchev–Trinajstić information content (AvgIpc) is 2.47. The van der Waals surface area contributed by atoms with Gasteiger partial charge in [0.05, 0.1) is 5.71 Å². The van der Waals surface area contributed by atoms with E-state index in [1.807, 2.05) is 12.2 Å². The molecule has 0 aromatic heterocycles. The number of hydrogen-bond donors (Lipinski definition) is 1. The zero-order valence-electron chi connectivity index (χ0n) is 11.0. The third-order valence-electron chi connectivity index (χ3n) is 3.88. The van der Waals surface area contributed by atoms with Crippen LogP contribution in [0.4, 0.5) is 0 Å². The highest BCUT2D eigenvalue weighted by Gasteiger charge is 2.32. The molecule has 1 atom stereocenters. The Balaban J connectivity index is 1.94. The minimum Gasteiger partial charge on any atom is -0.325 e. The lowest BCUT2D eigenvalue weighted by atomic mass is 9.77. The second kappa shape index (κ2) is 5.37. The van der Waals surface area contributed by atoms with Crippen LogP contribution in [0.1, 0.15) is 25.7 Å². The molecule has 1 unspecified atom stereocenters. The van der Waals surface area contributed by atoms with Crippen LogP contribution in [0.15, 0.2) is 40.1 Å². The maximum Gasteiger partial charge on any atom is 0.261 e. The molecule has 0 fully saturated rings. The standard InChI is InChI=1S/C15H15ClN2O2/c16-8-14(19)17-9-5-6-11-10-3-1-2-4-12(10)15(20)18-13(11)7-9/h5-7,11H,1-4,8H2,(H,18,20). The summed E-state index contributed by atoms with van der Waals surface area (Å²) in [6.45, 7) is 0. The van der Waals surface area contributed by atoms with Crippen LogP contribution >= 0.6 is 11.6 Å². The number of hydrogen-bond acceptors (Lipinski definition) is 2. The van der Waals surface area contributed by atoms with Gasteiger partial charge < -0.3 is 5.32 Å². The molecular weight excluding hydrogens is 276 g/mol. The van der Waals surface area contributed by atoms with Gasteiger partial charge in [0.2, 0.25) is 0 Å². The van der Waals surface area contributed by atoms with E-state index in [0.717, 1.165) is 37.0 Å². The van der Waals surface area contributed by atoms with E-state index in [1.165, 1.54) is 5.57 Å². The fourth-order valence-electron chi connectivity index (χ4n) is 2.99. The molecule has 0 radical (unpaired) electrons. The molecule has 20 heavy (non-hydrogen) atoms. The van der Waals surface area contributed by atoms with Crippen molar-refractivity contribution in [2.24, 2.45) is 10.9 Å². The number of amides is 2. The first kappa shape index (κ1) is 13.3. The van der Waals surface area contributed by atoms with E-state index in [1.54, 1.807) is 6.08 Å². The number of allylic oxidation sites excluding steroid dienone is 3. The molecule has 1 aliphatic heterocycles. The number of nitrogens with one attached hydrogen (secondary N) is 1. The number of fused-ring (bicyclic) bond motifs is 2. The summed E-state index contributed by atoms with van der Waals surface area (Å²) in [4.78, 5) is 27.2. The van der Waals surface area contributed by atoms with E-state index in [2.05, 4.69) is 10.3 Å². The van der Waals surface area contributed by atoms with Crippen LogP contribution in [0.25, 0.3) is 0 Å². The van der Waals surface area contributed by atoms with Crippen molar-refractivity contribution in [1.82, 2.24) is 5.32 Å². The number of carbonyl (C=O) groups excluding carboxylic acids is 2. The first-order valence-corrected chi connectivity index (χ1v) is 7.33. The van der Waals surface area contributed by atoms with Crippen molar-refractivity contribution in [1.29, 1.82) is 0 Å². The first-order valence-electron chi connectivity index (χ1n) is 6.79. The summed E-state index contributed by atoms with van der Waals surface area (Å²) in [6, 6.07) is 0. The minimum absolute atomic E-state index is 0.000481. The highest BCUT2D eigenvalue weighted by atomic mass is 35.5. The molecular formula is C15H15ClN2O2. The Morgan fingerprint density at radius 3 is 3.00 bits per heavy atom. The third kappa shape index (κ3) is 2.36. The van der Waals surface area contributed by atoms with Crippen LogP contribution in [-0.2, 0) is 9.59 Å². The zero-order valence-corrected chi connectivity index (χ0v) is 11.7. The predicted molar refractivity (Wildman–Crippen MR) is 77.5 cm³/mol. The Hall–Kier alpha value is -1.68. The SMILES string of the molecule is O=C(CCl)N=C1C=CC2C(=C1)NC(=O)C1=C2CCCC1. The van der Waals surface area contributed by atoms with Crippen molar-refractivity contribution < 1.29 is 9.59 Å². The fraction of sp³-hybridized carbons (Fsp3) is 0.400. The van der Waals surface area contributed by atoms with E-state index in [0.29, 0.717) is 5.71 Å². The van der Waals surface area contributed by atoms with Gasteiger partial charge in [-0.05, 0) is 43.4 Å². The molecule has 0 spiro atoms. The van der Waals surface area contributed by atoms with Gasteiger partial charge in [-0.15, -0.1) is 11.6 Å². The lowest BCUT2D eigenvalue weighted by Crippen LogP contribution is -2.37. The molecule has 3 rings (SSSR count). The molecule has 5 heteroatoms. The molecule has 0 bridgehead atoms. The van der Waals surface area contributed by atoms with Gasteiger partial charge in [-0.3, -0.25) is 9.59 Å². The molecule has 4 nitrogen and oxygen atoms in total. The van der Waals surface area contributed by atoms with Gasteiger partial charge in [0, 0.05) is 17.2 Å². The van der Waals surface area contributed by atoms with E-state index in [4.69, 9.17) is 11.6 Å². The first-order chi connectivity index (χ1) is 9.69. The maximum atomic E-state index is 12.1. The summed E-state index contributed by atoms with van der Waals surface area (Å²) in [5.74, 6) is -0.374. The second-order valence-electron chi connectivity index (χ2n) is 5.17. The highest BCUT2D eigenvalue weighted by molar-refractivity contribution is 6.28. The van der Waals surface area contributed by atoms with Crippen LogP contribution < -0.4 is 5.32 Å². The lowest BCUT2D eigenvalue weighted by molar-refractivity contribution is -0.117. The number of halogens is 1. The summed E-state index contributed by atoms with van der Waals surface area (Å²) >= 11 is 5.44. The van der Waals surface area contributed by atoms with E-state index in [-0.39, 0.29) is 23.6 Å². The fourth-order valence-corrected chi connectivity index (χ4v) is 3.05. The zero-order chi connectivity index (χ0) is 14.1. The summed E-state index contributed by atoms with van der Waals surface area (Å²) in [7, 11) is 0. The van der Waals surface area contributed by atoms with Crippen molar-refractivity contribution in [2.45, 2.75) is 25.7 Å². The Kier molecular flexibility index (Phi) is 3.57. The smallest absolute Gasteiger partial charge is 0.261 e. The number of nitrogens with zero attached hydrogens (tertiary/aromatic N) is 1. The molecule has 3 aliphatic rings. The van der Waals surface area contributed by atoms with Gasteiger partial charge in [-0.2, -0.15) is 0 Å². The Bertz CT molecular complexity index is 599. The van der Waals surface area contributed by atoms with Crippen LogP contribution in [0.3, 0.4) is 0 Å². The van der Waals surface area contributed by atoms with Gasteiger partial charge in [-0.25, -0.2) is 4.99 Å². The van der Waals surface area contributed by atoms with Crippen LogP contribution in [0.2, 0.25) is 0 Å². The van der Waals surface area contributed by atoms with Crippen molar-refractivity contribution in [2.75, 3.05) is 5.88 Å².